The van der Waals surface area contributed by atoms with E-state index in [1.807, 2.05) is 36.4 Å². The third kappa shape index (κ3) is 2.83. The average molecular weight is 336 g/mol. The van der Waals surface area contributed by atoms with Crippen LogP contribution >= 0.6 is 0 Å². The van der Waals surface area contributed by atoms with Crippen molar-refractivity contribution in [1.82, 2.24) is 0 Å². The van der Waals surface area contributed by atoms with Crippen LogP contribution in [0, 0.1) is 0 Å². The molecule has 3 aromatic rings. The molecular weight excluding hydrogens is 316 g/mol. The Bertz CT molecular complexity index is 891. The second kappa shape index (κ2) is 6.37. The van der Waals surface area contributed by atoms with E-state index in [0.29, 0.717) is 19.4 Å². The lowest BCUT2D eigenvalue weighted by atomic mass is 9.92. The number of carbonyl (C=O) groups is 1. The van der Waals surface area contributed by atoms with Crippen LogP contribution in [0.3, 0.4) is 0 Å². The average Bonchev–Trinajstić information content (AvgIpc) is 3.39. The minimum Gasteiger partial charge on any atom is -0.469 e. The molecule has 0 spiro atoms. The van der Waals surface area contributed by atoms with Crippen molar-refractivity contribution in [1.29, 1.82) is 0 Å². The van der Waals surface area contributed by atoms with E-state index in [9.17, 15) is 4.79 Å². The summed E-state index contributed by atoms with van der Waals surface area (Å²) in [5.41, 5.74) is 2.58. The molecule has 128 valence electrons. The van der Waals surface area contributed by atoms with E-state index in [1.54, 1.807) is 0 Å². The molecule has 1 aliphatic heterocycles. The summed E-state index contributed by atoms with van der Waals surface area (Å²) in [6.07, 6.45) is 1.86. The number of hydrogen-bond donors (Lipinski definition) is 0. The summed E-state index contributed by atoms with van der Waals surface area (Å²) >= 11 is 0. The number of aryl methyl sites for hydroxylation is 1. The molecule has 2 heterocycles. The molecular formula is C21H20O4. The lowest BCUT2D eigenvalue weighted by Crippen LogP contribution is -2.12. The zero-order valence-corrected chi connectivity index (χ0v) is 14.2. The smallest absolute Gasteiger partial charge is 0.305 e. The summed E-state index contributed by atoms with van der Waals surface area (Å²) in [7, 11) is 1.42. The second-order valence-electron chi connectivity index (χ2n) is 6.32. The van der Waals surface area contributed by atoms with Gasteiger partial charge in [0, 0.05) is 17.4 Å². The van der Waals surface area contributed by atoms with E-state index in [-0.39, 0.29) is 5.97 Å². The fourth-order valence-corrected chi connectivity index (χ4v) is 3.39. The molecule has 4 nitrogen and oxygen atoms in total. The van der Waals surface area contributed by atoms with Gasteiger partial charge in [0.15, 0.2) is 5.60 Å². The van der Waals surface area contributed by atoms with Crippen molar-refractivity contribution >= 4 is 16.9 Å². The molecule has 25 heavy (non-hydrogen) atoms. The van der Waals surface area contributed by atoms with Crippen LogP contribution < -0.4 is 0 Å². The van der Waals surface area contributed by atoms with Crippen molar-refractivity contribution in [3.05, 3.63) is 71.5 Å². The first-order valence-corrected chi connectivity index (χ1v) is 8.52. The minimum atomic E-state index is -0.499. The molecule has 2 aromatic carbocycles. The van der Waals surface area contributed by atoms with Gasteiger partial charge < -0.3 is 13.9 Å². The molecule has 0 saturated carbocycles. The van der Waals surface area contributed by atoms with Crippen LogP contribution in [0.1, 0.15) is 29.7 Å². The molecule has 4 rings (SSSR count). The van der Waals surface area contributed by atoms with Crippen molar-refractivity contribution in [2.24, 2.45) is 0 Å². The van der Waals surface area contributed by atoms with E-state index in [2.05, 4.69) is 18.2 Å². The highest BCUT2D eigenvalue weighted by atomic mass is 16.6. The number of fused-ring (bicyclic) bond motifs is 1. The van der Waals surface area contributed by atoms with E-state index >= 15 is 0 Å². The van der Waals surface area contributed by atoms with Gasteiger partial charge in [-0.25, -0.2) is 0 Å². The topological polar surface area (TPSA) is 52.0 Å². The van der Waals surface area contributed by atoms with Gasteiger partial charge in [0.1, 0.15) is 11.3 Å². The summed E-state index contributed by atoms with van der Waals surface area (Å²) < 4.78 is 16.9. The first-order chi connectivity index (χ1) is 12.2. The fraction of sp³-hybridized carbons (Fsp3) is 0.286. The summed E-state index contributed by atoms with van der Waals surface area (Å²) in [5.74, 6) is 0.680. The summed E-state index contributed by atoms with van der Waals surface area (Å²) in [5, 5.41) is 1.09. The monoisotopic (exact) mass is 336 g/mol. The Kier molecular flexibility index (Phi) is 4.06. The summed E-state index contributed by atoms with van der Waals surface area (Å²) in [4.78, 5) is 11.4. The Balaban J connectivity index is 1.73. The number of esters is 1. The van der Waals surface area contributed by atoms with Gasteiger partial charge in [-0.15, -0.1) is 0 Å². The Morgan fingerprint density at radius 3 is 2.56 bits per heavy atom. The third-order valence-corrected chi connectivity index (χ3v) is 4.77. The molecule has 1 unspecified atom stereocenters. The maximum absolute atomic E-state index is 11.4. The highest BCUT2D eigenvalue weighted by Gasteiger charge is 2.52. The van der Waals surface area contributed by atoms with Crippen LogP contribution in [0.5, 0.6) is 0 Å². The molecule has 4 heteroatoms. The number of methoxy groups -OCH3 is 1. The van der Waals surface area contributed by atoms with Crippen molar-refractivity contribution in [3.63, 3.8) is 0 Å². The minimum absolute atomic E-state index is 0.185. The van der Waals surface area contributed by atoms with Crippen molar-refractivity contribution in [3.8, 4) is 0 Å². The summed E-state index contributed by atoms with van der Waals surface area (Å²) in [6, 6.07) is 18.2. The number of carbonyl (C=O) groups excluding carboxylic acids is 1. The largest absolute Gasteiger partial charge is 0.469 e. The zero-order chi connectivity index (χ0) is 17.3. The Morgan fingerprint density at radius 1 is 1.12 bits per heavy atom. The fourth-order valence-electron chi connectivity index (χ4n) is 3.39. The maximum Gasteiger partial charge on any atom is 0.305 e. The highest BCUT2D eigenvalue weighted by Crippen LogP contribution is 2.49. The first-order valence-electron chi connectivity index (χ1n) is 8.52. The number of para-hydroxylation sites is 1. The number of epoxide rings is 1. The van der Waals surface area contributed by atoms with Gasteiger partial charge in [0.05, 0.1) is 13.7 Å². The molecule has 1 saturated heterocycles. The SMILES string of the molecule is COC(=O)CCCc1c(C2(c3ccccc3)CO2)oc2ccccc12. The Hall–Kier alpha value is -2.59. The van der Waals surface area contributed by atoms with Crippen LogP contribution in [0.4, 0.5) is 0 Å². The van der Waals surface area contributed by atoms with E-state index < -0.39 is 5.60 Å². The van der Waals surface area contributed by atoms with Gasteiger partial charge in [0.25, 0.3) is 0 Å². The van der Waals surface area contributed by atoms with Gasteiger partial charge in [-0.1, -0.05) is 48.5 Å². The molecule has 1 fully saturated rings. The maximum atomic E-state index is 11.4. The normalized spacial score (nSPS) is 19.1. The predicted octanol–water partition coefficient (Wildman–Crippen LogP) is 4.20. The Morgan fingerprint density at radius 2 is 1.84 bits per heavy atom. The molecule has 0 N–H and O–H groups in total. The molecule has 1 aromatic heterocycles. The number of furan rings is 1. The van der Waals surface area contributed by atoms with Crippen LogP contribution in [0.25, 0.3) is 11.0 Å². The highest BCUT2D eigenvalue weighted by molar-refractivity contribution is 5.83. The van der Waals surface area contributed by atoms with Crippen LogP contribution in [-0.4, -0.2) is 19.7 Å². The molecule has 1 aliphatic rings. The zero-order valence-electron chi connectivity index (χ0n) is 14.2. The lowest BCUT2D eigenvalue weighted by molar-refractivity contribution is -0.140. The van der Waals surface area contributed by atoms with Gasteiger partial charge in [-0.2, -0.15) is 0 Å². The number of rotatable bonds is 6. The second-order valence-corrected chi connectivity index (χ2v) is 6.32. The van der Waals surface area contributed by atoms with Gasteiger partial charge in [-0.3, -0.25) is 4.79 Å². The summed E-state index contributed by atoms with van der Waals surface area (Å²) in [6.45, 7) is 0.612. The van der Waals surface area contributed by atoms with Gasteiger partial charge >= 0.3 is 5.97 Å². The number of hydrogen-bond acceptors (Lipinski definition) is 4. The molecule has 0 aliphatic carbocycles. The van der Waals surface area contributed by atoms with Gasteiger partial charge in [0.2, 0.25) is 0 Å². The van der Waals surface area contributed by atoms with Crippen LogP contribution in [0.15, 0.2) is 59.0 Å². The van der Waals surface area contributed by atoms with Crippen molar-refractivity contribution in [2.45, 2.75) is 24.9 Å². The van der Waals surface area contributed by atoms with E-state index in [1.165, 1.54) is 7.11 Å². The molecule has 0 radical (unpaired) electrons. The molecule has 0 bridgehead atoms. The Labute approximate surface area is 146 Å². The molecule has 1 atom stereocenters. The van der Waals surface area contributed by atoms with E-state index in [0.717, 1.165) is 34.3 Å². The van der Waals surface area contributed by atoms with Crippen molar-refractivity contribution in [2.75, 3.05) is 13.7 Å². The molecule has 0 amide bonds. The number of ether oxygens (including phenoxy) is 2. The lowest BCUT2D eigenvalue weighted by Gasteiger charge is -2.12. The van der Waals surface area contributed by atoms with Crippen molar-refractivity contribution < 1.29 is 18.7 Å². The predicted molar refractivity (Wildman–Crippen MR) is 94.3 cm³/mol. The quantitative estimate of drug-likeness (QED) is 0.500. The van der Waals surface area contributed by atoms with Crippen LogP contribution in [-0.2, 0) is 26.3 Å². The third-order valence-electron chi connectivity index (χ3n) is 4.77. The van der Waals surface area contributed by atoms with E-state index in [4.69, 9.17) is 13.9 Å². The number of benzene rings is 2. The van der Waals surface area contributed by atoms with Gasteiger partial charge in [-0.05, 0) is 24.5 Å². The standard InChI is InChI=1S/C21H20O4/c1-23-19(22)13-7-11-17-16-10-5-6-12-18(16)25-20(17)21(14-24-21)15-8-3-2-4-9-15/h2-6,8-10,12H,7,11,13-14H2,1H3. The van der Waals surface area contributed by atoms with Crippen LogP contribution in [0.2, 0.25) is 0 Å². The first kappa shape index (κ1) is 15.9.